The number of hydrogen-bond acceptors (Lipinski definition) is 3. The second-order valence-electron chi connectivity index (χ2n) is 5.06. The summed E-state index contributed by atoms with van der Waals surface area (Å²) in [6.07, 6.45) is 10.9. The molecular weight excluding hydrogens is 226 g/mol. The monoisotopic (exact) mass is 247 g/mol. The van der Waals surface area contributed by atoms with Crippen LogP contribution in [-0.2, 0) is 4.79 Å². The fourth-order valence-corrected chi connectivity index (χ4v) is 2.61. The molecule has 1 amide bonds. The Kier molecular flexibility index (Phi) is 4.31. The maximum atomic E-state index is 12.2. The summed E-state index contributed by atoms with van der Waals surface area (Å²) < 4.78 is 0. The van der Waals surface area contributed by atoms with E-state index in [9.17, 15) is 4.79 Å². The van der Waals surface area contributed by atoms with Gasteiger partial charge >= 0.3 is 0 Å². The molecule has 2 rings (SSSR count). The highest BCUT2D eigenvalue weighted by atomic mass is 16.2. The van der Waals surface area contributed by atoms with Gasteiger partial charge in [-0.25, -0.2) is 0 Å². The zero-order valence-electron chi connectivity index (χ0n) is 10.8. The van der Waals surface area contributed by atoms with Crippen molar-refractivity contribution in [3.05, 3.63) is 24.3 Å². The molecule has 0 aromatic heterocycles. The third kappa shape index (κ3) is 3.07. The topological polar surface area (TPSA) is 56.2 Å². The van der Waals surface area contributed by atoms with Gasteiger partial charge in [0.05, 0.1) is 6.04 Å². The summed E-state index contributed by atoms with van der Waals surface area (Å²) in [4.78, 5) is 14.2. The number of likely N-dealkylation sites (N-methyl/N-ethyl adjacent to an activating group) is 1. The summed E-state index contributed by atoms with van der Waals surface area (Å²) in [7, 11) is 1.87. The number of carbonyl (C=O) groups is 1. The average Bonchev–Trinajstić information content (AvgIpc) is 3.11. The van der Waals surface area contributed by atoms with Gasteiger partial charge in [-0.3, -0.25) is 4.79 Å². The first-order valence-electron chi connectivity index (χ1n) is 6.54. The lowest BCUT2D eigenvalue weighted by Crippen LogP contribution is -2.44. The van der Waals surface area contributed by atoms with Crippen molar-refractivity contribution in [3.63, 3.8) is 0 Å². The number of rotatable bonds is 5. The van der Waals surface area contributed by atoms with Gasteiger partial charge in [-0.05, 0) is 37.8 Å². The van der Waals surface area contributed by atoms with Gasteiger partial charge in [0.25, 0.3) is 0 Å². The predicted molar refractivity (Wildman–Crippen MR) is 72.7 cm³/mol. The largest absolute Gasteiger partial charge is 0.337 e. The Balaban J connectivity index is 1.92. The van der Waals surface area contributed by atoms with E-state index in [1.54, 1.807) is 6.08 Å². The molecule has 4 heteroatoms. The van der Waals surface area contributed by atoms with Gasteiger partial charge < -0.3 is 15.6 Å². The zero-order valence-corrected chi connectivity index (χ0v) is 10.8. The fourth-order valence-electron chi connectivity index (χ4n) is 2.61. The van der Waals surface area contributed by atoms with Crippen LogP contribution >= 0.6 is 0 Å². The molecule has 0 spiro atoms. The van der Waals surface area contributed by atoms with Crippen LogP contribution in [0.25, 0.3) is 0 Å². The molecule has 2 aliphatic rings. The molecule has 1 heterocycles. The minimum atomic E-state index is -0.00647. The Bertz CT molecular complexity index is 375. The molecule has 0 bridgehead atoms. The highest BCUT2D eigenvalue weighted by Gasteiger charge is 2.44. The Hall–Kier alpha value is -1.42. The summed E-state index contributed by atoms with van der Waals surface area (Å²) in [6.45, 7) is 1.57. The molecule has 98 valence electrons. The first-order valence-corrected chi connectivity index (χ1v) is 6.54. The number of nitrogens with one attached hydrogen (secondary N) is 2. The van der Waals surface area contributed by atoms with Crippen molar-refractivity contribution >= 4 is 12.1 Å². The van der Waals surface area contributed by atoms with Crippen LogP contribution in [0.15, 0.2) is 24.3 Å². The first-order chi connectivity index (χ1) is 8.76. The third-order valence-corrected chi connectivity index (χ3v) is 3.80. The second kappa shape index (κ2) is 5.96. The lowest BCUT2D eigenvalue weighted by atomic mass is 10.1. The number of likely N-dealkylation sites (tertiary alicyclic amines) is 1. The van der Waals surface area contributed by atoms with Crippen molar-refractivity contribution in [2.45, 2.75) is 18.9 Å². The molecule has 0 radical (unpaired) electrons. The lowest BCUT2D eigenvalue weighted by Gasteiger charge is -2.24. The standard InChI is InChI=1S/C14H21N3O/c1-16-13-9-11-8-12(11)10-17(14(13)18)7-5-3-2-4-6-15/h2-6,11-13,15-16H,7-10H2,1H3/b4-2-,5-3+,15-6?. The molecule has 0 aromatic carbocycles. The number of allylic oxidation sites excluding steroid dienone is 3. The molecule has 2 fully saturated rings. The van der Waals surface area contributed by atoms with Crippen LogP contribution in [0.4, 0.5) is 0 Å². The number of nitrogens with zero attached hydrogens (tertiary/aromatic N) is 1. The van der Waals surface area contributed by atoms with Crippen LogP contribution < -0.4 is 5.32 Å². The maximum Gasteiger partial charge on any atom is 0.239 e. The molecule has 1 saturated heterocycles. The van der Waals surface area contributed by atoms with Crippen LogP contribution in [-0.4, -0.2) is 43.2 Å². The molecular formula is C14H21N3O. The molecule has 1 saturated carbocycles. The van der Waals surface area contributed by atoms with Crippen LogP contribution in [0.1, 0.15) is 12.8 Å². The zero-order chi connectivity index (χ0) is 13.0. The van der Waals surface area contributed by atoms with Gasteiger partial charge in [-0.2, -0.15) is 0 Å². The molecule has 3 unspecified atom stereocenters. The normalized spacial score (nSPS) is 31.7. The summed E-state index contributed by atoms with van der Waals surface area (Å²) >= 11 is 0. The van der Waals surface area contributed by atoms with Gasteiger partial charge in [0.15, 0.2) is 0 Å². The minimum absolute atomic E-state index is 0.00647. The molecule has 1 aliphatic heterocycles. The molecule has 4 nitrogen and oxygen atoms in total. The van der Waals surface area contributed by atoms with Crippen LogP contribution in [0.3, 0.4) is 0 Å². The summed E-state index contributed by atoms with van der Waals surface area (Å²) in [6, 6.07) is -0.00647. The lowest BCUT2D eigenvalue weighted by molar-refractivity contribution is -0.132. The van der Waals surface area contributed by atoms with Crippen molar-refractivity contribution in [2.24, 2.45) is 11.8 Å². The summed E-state index contributed by atoms with van der Waals surface area (Å²) in [5.74, 6) is 1.70. The van der Waals surface area contributed by atoms with Crippen molar-refractivity contribution in [2.75, 3.05) is 20.1 Å². The van der Waals surface area contributed by atoms with E-state index in [1.807, 2.05) is 30.2 Å². The summed E-state index contributed by atoms with van der Waals surface area (Å²) in [5.41, 5.74) is 0. The van der Waals surface area contributed by atoms with Gasteiger partial charge in [-0.1, -0.05) is 18.2 Å². The molecule has 2 N–H and O–H groups in total. The average molecular weight is 247 g/mol. The smallest absolute Gasteiger partial charge is 0.239 e. The van der Waals surface area contributed by atoms with Crippen LogP contribution in [0.5, 0.6) is 0 Å². The number of amides is 1. The minimum Gasteiger partial charge on any atom is -0.337 e. The van der Waals surface area contributed by atoms with Crippen molar-refractivity contribution in [1.82, 2.24) is 10.2 Å². The first kappa shape index (κ1) is 13.0. The highest BCUT2D eigenvalue weighted by Crippen LogP contribution is 2.44. The Morgan fingerprint density at radius 3 is 2.89 bits per heavy atom. The molecule has 1 aliphatic carbocycles. The fraction of sp³-hybridized carbons (Fsp3) is 0.571. The van der Waals surface area contributed by atoms with E-state index in [0.717, 1.165) is 24.8 Å². The van der Waals surface area contributed by atoms with E-state index in [-0.39, 0.29) is 11.9 Å². The summed E-state index contributed by atoms with van der Waals surface area (Å²) in [5, 5.41) is 9.99. The Labute approximate surface area is 108 Å². The van der Waals surface area contributed by atoms with E-state index in [4.69, 9.17) is 5.41 Å². The van der Waals surface area contributed by atoms with E-state index in [2.05, 4.69) is 5.32 Å². The molecule has 0 aromatic rings. The number of fused-ring (bicyclic) bond motifs is 1. The van der Waals surface area contributed by atoms with Gasteiger partial charge in [0.1, 0.15) is 0 Å². The van der Waals surface area contributed by atoms with Gasteiger partial charge in [0, 0.05) is 19.3 Å². The van der Waals surface area contributed by atoms with Gasteiger partial charge in [-0.15, -0.1) is 0 Å². The SMILES string of the molecule is CNC1CC2CC2CN(C/C=C/C=C\C=N)C1=O. The number of hydrogen-bond donors (Lipinski definition) is 2. The molecule has 3 atom stereocenters. The van der Waals surface area contributed by atoms with E-state index in [0.29, 0.717) is 6.54 Å². The van der Waals surface area contributed by atoms with Crippen molar-refractivity contribution < 1.29 is 4.79 Å². The van der Waals surface area contributed by atoms with Crippen molar-refractivity contribution in [3.8, 4) is 0 Å². The van der Waals surface area contributed by atoms with Crippen molar-refractivity contribution in [1.29, 1.82) is 5.41 Å². The highest BCUT2D eigenvalue weighted by molar-refractivity contribution is 5.82. The second-order valence-corrected chi connectivity index (χ2v) is 5.06. The Morgan fingerprint density at radius 1 is 1.33 bits per heavy atom. The quantitative estimate of drug-likeness (QED) is 0.566. The third-order valence-electron chi connectivity index (χ3n) is 3.80. The van der Waals surface area contributed by atoms with E-state index in [1.165, 1.54) is 12.6 Å². The maximum absolute atomic E-state index is 12.2. The van der Waals surface area contributed by atoms with Crippen LogP contribution in [0.2, 0.25) is 0 Å². The van der Waals surface area contributed by atoms with E-state index < -0.39 is 0 Å². The molecule has 18 heavy (non-hydrogen) atoms. The Morgan fingerprint density at radius 2 is 2.17 bits per heavy atom. The van der Waals surface area contributed by atoms with E-state index >= 15 is 0 Å². The predicted octanol–water partition coefficient (Wildman–Crippen LogP) is 1.20. The van der Waals surface area contributed by atoms with Gasteiger partial charge in [0.2, 0.25) is 5.91 Å². The van der Waals surface area contributed by atoms with Crippen LogP contribution in [0, 0.1) is 17.2 Å². The number of carbonyl (C=O) groups excluding carboxylic acids is 1.